The maximum absolute atomic E-state index is 6.20. The molecule has 3 nitrogen and oxygen atoms in total. The number of nitrogens with one attached hydrogen (secondary N) is 1. The first-order valence-corrected chi connectivity index (χ1v) is 6.73. The van der Waals surface area contributed by atoms with Gasteiger partial charge in [0.25, 0.3) is 0 Å². The summed E-state index contributed by atoms with van der Waals surface area (Å²) in [5.74, 6) is 0. The summed E-state index contributed by atoms with van der Waals surface area (Å²) in [6.07, 6.45) is 1.60. The van der Waals surface area contributed by atoms with Gasteiger partial charge in [-0.25, -0.2) is 9.97 Å². The summed E-state index contributed by atoms with van der Waals surface area (Å²) in [7, 11) is 0. The van der Waals surface area contributed by atoms with Gasteiger partial charge in [0, 0.05) is 5.56 Å². The summed E-state index contributed by atoms with van der Waals surface area (Å²) in [5, 5.41) is 0.697. The molecule has 0 spiro atoms. The second-order valence-electron chi connectivity index (χ2n) is 3.80. The quantitative estimate of drug-likeness (QED) is 0.619. The van der Waals surface area contributed by atoms with Crippen molar-refractivity contribution >= 4 is 57.4 Å². The van der Waals surface area contributed by atoms with E-state index in [2.05, 4.69) is 15.0 Å². The molecule has 0 amide bonds. The molecule has 0 saturated heterocycles. The molecule has 3 aromatic rings. The van der Waals surface area contributed by atoms with Crippen molar-refractivity contribution in [2.75, 3.05) is 0 Å². The number of nitrogens with zero attached hydrogens (tertiary/aromatic N) is 2. The van der Waals surface area contributed by atoms with E-state index < -0.39 is 0 Å². The van der Waals surface area contributed by atoms with Crippen molar-refractivity contribution in [2.24, 2.45) is 0 Å². The van der Waals surface area contributed by atoms with Crippen LogP contribution in [0.5, 0.6) is 0 Å². The van der Waals surface area contributed by atoms with Crippen LogP contribution < -0.4 is 0 Å². The molecule has 0 atom stereocenters. The van der Waals surface area contributed by atoms with Crippen molar-refractivity contribution in [1.82, 2.24) is 15.0 Å². The lowest BCUT2D eigenvalue weighted by atomic mass is 10.1. The van der Waals surface area contributed by atoms with Crippen molar-refractivity contribution in [3.05, 3.63) is 44.7 Å². The Bertz CT molecular complexity index is 782. The summed E-state index contributed by atoms with van der Waals surface area (Å²) >= 11 is 24.1. The molecule has 7 heteroatoms. The zero-order valence-electron chi connectivity index (χ0n) is 9.22. The normalized spacial score (nSPS) is 11.2. The van der Waals surface area contributed by atoms with E-state index >= 15 is 0 Å². The Labute approximate surface area is 128 Å². The van der Waals surface area contributed by atoms with Gasteiger partial charge < -0.3 is 4.98 Å². The average molecular weight is 333 g/mol. The van der Waals surface area contributed by atoms with Crippen molar-refractivity contribution in [3.8, 4) is 11.3 Å². The molecule has 1 N–H and O–H groups in total. The number of halogens is 4. The van der Waals surface area contributed by atoms with E-state index in [1.54, 1.807) is 6.33 Å². The largest absolute Gasteiger partial charge is 0.345 e. The fourth-order valence-electron chi connectivity index (χ4n) is 1.82. The fourth-order valence-corrected chi connectivity index (χ4v) is 2.65. The topological polar surface area (TPSA) is 41.6 Å². The van der Waals surface area contributed by atoms with Crippen LogP contribution >= 0.6 is 46.4 Å². The smallest absolute Gasteiger partial charge is 0.149 e. The molecule has 0 aliphatic rings. The van der Waals surface area contributed by atoms with Crippen molar-refractivity contribution in [3.63, 3.8) is 0 Å². The van der Waals surface area contributed by atoms with Gasteiger partial charge in [-0.3, -0.25) is 0 Å². The predicted octanol–water partition coefficient (Wildman–Crippen LogP) is 5.24. The van der Waals surface area contributed by atoms with Gasteiger partial charge in [-0.15, -0.1) is 0 Å². The molecular weight excluding hydrogens is 328 g/mol. The number of pyridine rings is 1. The van der Waals surface area contributed by atoms with Crippen molar-refractivity contribution in [2.45, 2.75) is 0 Å². The zero-order valence-corrected chi connectivity index (χ0v) is 12.2. The molecule has 0 aliphatic carbocycles. The van der Waals surface area contributed by atoms with Gasteiger partial charge in [-0.05, 0) is 6.07 Å². The highest BCUT2D eigenvalue weighted by Gasteiger charge is 2.18. The number of hydrogen-bond donors (Lipinski definition) is 1. The number of H-pyrrole nitrogens is 1. The molecule has 2 aromatic heterocycles. The summed E-state index contributed by atoms with van der Waals surface area (Å²) in [5.41, 5.74) is 2.81. The second kappa shape index (κ2) is 4.84. The molecule has 0 bridgehead atoms. The summed E-state index contributed by atoms with van der Waals surface area (Å²) in [6.45, 7) is 0. The number of para-hydroxylation sites is 1. The number of hydrogen-bond acceptors (Lipinski definition) is 2. The lowest BCUT2D eigenvalue weighted by Gasteiger charge is -2.08. The van der Waals surface area contributed by atoms with E-state index in [9.17, 15) is 0 Å². The van der Waals surface area contributed by atoms with Crippen molar-refractivity contribution < 1.29 is 0 Å². The van der Waals surface area contributed by atoms with Crippen LogP contribution in [-0.2, 0) is 0 Å². The molecule has 0 aliphatic heterocycles. The Kier molecular flexibility index (Phi) is 3.31. The van der Waals surface area contributed by atoms with Gasteiger partial charge >= 0.3 is 0 Å². The molecule has 19 heavy (non-hydrogen) atoms. The van der Waals surface area contributed by atoms with Gasteiger partial charge in [0.2, 0.25) is 0 Å². The number of fused-ring (bicyclic) bond motifs is 1. The lowest BCUT2D eigenvalue weighted by molar-refractivity contribution is 1.32. The first-order valence-electron chi connectivity index (χ1n) is 5.22. The monoisotopic (exact) mass is 331 g/mol. The minimum Gasteiger partial charge on any atom is -0.345 e. The van der Waals surface area contributed by atoms with Crippen LogP contribution in [0.2, 0.25) is 20.2 Å². The van der Waals surface area contributed by atoms with Crippen LogP contribution in [0.4, 0.5) is 0 Å². The minimum absolute atomic E-state index is 0.110. The lowest BCUT2D eigenvalue weighted by Crippen LogP contribution is -1.90. The summed E-state index contributed by atoms with van der Waals surface area (Å²) in [6, 6.07) is 5.61. The van der Waals surface area contributed by atoms with E-state index in [0.29, 0.717) is 5.69 Å². The van der Waals surface area contributed by atoms with E-state index in [4.69, 9.17) is 46.4 Å². The van der Waals surface area contributed by atoms with Gasteiger partial charge in [0.05, 0.1) is 38.1 Å². The second-order valence-corrected chi connectivity index (χ2v) is 5.29. The Morgan fingerprint density at radius 1 is 0.947 bits per heavy atom. The Hall–Kier alpha value is -1.000. The molecule has 0 fully saturated rings. The number of aromatic amines is 1. The Morgan fingerprint density at radius 3 is 2.53 bits per heavy atom. The standard InChI is InChI=1S/C12H5Cl4N3/c13-7-8(14)11(19-12(16)9(7)15)5-2-1-3-6-10(5)18-4-17-6/h1-4H,(H,17,18). The van der Waals surface area contributed by atoms with Gasteiger partial charge in [-0.2, -0.15) is 0 Å². The highest BCUT2D eigenvalue weighted by molar-refractivity contribution is 6.52. The SMILES string of the molecule is Clc1nc(-c2cccc3[nH]cnc23)c(Cl)c(Cl)c1Cl. The molecular formula is C12H5Cl4N3. The van der Waals surface area contributed by atoms with E-state index in [0.717, 1.165) is 16.6 Å². The third kappa shape index (κ3) is 2.07. The van der Waals surface area contributed by atoms with Crippen LogP contribution in [0.1, 0.15) is 0 Å². The molecule has 0 unspecified atom stereocenters. The molecule has 3 rings (SSSR count). The summed E-state index contributed by atoms with van der Waals surface area (Å²) in [4.78, 5) is 11.5. The first-order chi connectivity index (χ1) is 9.09. The Morgan fingerprint density at radius 2 is 1.74 bits per heavy atom. The summed E-state index contributed by atoms with van der Waals surface area (Å²) < 4.78 is 0. The van der Waals surface area contributed by atoms with Crippen LogP contribution in [0.15, 0.2) is 24.5 Å². The molecule has 0 radical (unpaired) electrons. The van der Waals surface area contributed by atoms with Crippen LogP contribution in [0.3, 0.4) is 0 Å². The fraction of sp³-hybridized carbons (Fsp3) is 0. The third-order valence-corrected chi connectivity index (χ3v) is 4.37. The number of imidazole rings is 1. The average Bonchev–Trinajstić information content (AvgIpc) is 2.89. The third-order valence-electron chi connectivity index (χ3n) is 2.69. The Balaban J connectivity index is 2.36. The first kappa shape index (κ1) is 13.0. The number of rotatable bonds is 1. The highest BCUT2D eigenvalue weighted by atomic mass is 35.5. The van der Waals surface area contributed by atoms with Crippen molar-refractivity contribution in [1.29, 1.82) is 0 Å². The minimum atomic E-state index is 0.110. The molecule has 2 heterocycles. The zero-order chi connectivity index (χ0) is 13.6. The number of aromatic nitrogens is 3. The predicted molar refractivity (Wildman–Crippen MR) is 79.4 cm³/mol. The maximum atomic E-state index is 6.20. The van der Waals surface area contributed by atoms with E-state index in [1.807, 2.05) is 18.2 Å². The van der Waals surface area contributed by atoms with Crippen LogP contribution in [0, 0.1) is 0 Å². The van der Waals surface area contributed by atoms with E-state index in [1.165, 1.54) is 0 Å². The van der Waals surface area contributed by atoms with Gasteiger partial charge in [0.15, 0.2) is 0 Å². The molecule has 1 aromatic carbocycles. The van der Waals surface area contributed by atoms with E-state index in [-0.39, 0.29) is 20.2 Å². The van der Waals surface area contributed by atoms with Crippen LogP contribution in [-0.4, -0.2) is 15.0 Å². The maximum Gasteiger partial charge on any atom is 0.149 e. The number of benzene rings is 1. The van der Waals surface area contributed by atoms with Gasteiger partial charge in [-0.1, -0.05) is 58.5 Å². The molecule has 0 saturated carbocycles. The van der Waals surface area contributed by atoms with Gasteiger partial charge in [0.1, 0.15) is 5.15 Å². The molecule has 96 valence electrons. The van der Waals surface area contributed by atoms with Crippen LogP contribution in [0.25, 0.3) is 22.3 Å². The highest BCUT2D eigenvalue weighted by Crippen LogP contribution is 2.41.